The largest absolute Gasteiger partial charge is 0.299 e. The van der Waals surface area contributed by atoms with Crippen molar-refractivity contribution in [3.8, 4) is 0 Å². The van der Waals surface area contributed by atoms with Crippen LogP contribution < -0.4 is 10.6 Å². The van der Waals surface area contributed by atoms with Gasteiger partial charge in [-0.15, -0.1) is 0 Å². The topological polar surface area (TPSA) is 27.3 Å². The molecule has 2 N–H and O–H groups in total. The van der Waals surface area contributed by atoms with Crippen LogP contribution >= 0.6 is 0 Å². The quantitative estimate of drug-likeness (QED) is 0.808. The van der Waals surface area contributed by atoms with Gasteiger partial charge in [-0.2, -0.15) is 0 Å². The second kappa shape index (κ2) is 6.84. The first-order valence-corrected chi connectivity index (χ1v) is 12.7. The Morgan fingerprint density at radius 3 is 2.52 bits per heavy atom. The molecule has 1 aromatic rings. The van der Waals surface area contributed by atoms with E-state index in [-0.39, 0.29) is 0 Å². The summed E-state index contributed by atoms with van der Waals surface area (Å²) in [6.45, 7) is 10.7. The minimum Gasteiger partial charge on any atom is -0.299 e. The van der Waals surface area contributed by atoms with Crippen molar-refractivity contribution in [2.75, 3.05) is 20.0 Å². The number of hydrogen-bond donors (Lipinski definition) is 2. The van der Waals surface area contributed by atoms with Crippen molar-refractivity contribution >= 4 is 13.8 Å². The first-order valence-electron chi connectivity index (χ1n) is 9.69. The number of rotatable bonds is 3. The Balaban J connectivity index is 1.62. The first kappa shape index (κ1) is 17.2. The number of fused-ring (bicyclic) bond motifs is 1. The van der Waals surface area contributed by atoms with Crippen molar-refractivity contribution in [3.63, 3.8) is 0 Å². The maximum absolute atomic E-state index is 3.51. The zero-order valence-electron chi connectivity index (χ0n) is 15.7. The second-order valence-corrected chi connectivity index (χ2v) is 13.1. The average Bonchev–Trinajstić information content (AvgIpc) is 2.99. The molecular formula is C21H31N3Si. The van der Waals surface area contributed by atoms with Gasteiger partial charge in [-0.3, -0.25) is 15.2 Å². The predicted molar refractivity (Wildman–Crippen MR) is 108 cm³/mol. The van der Waals surface area contributed by atoms with Crippen LogP contribution in [-0.4, -0.2) is 32.8 Å². The lowest BCUT2D eigenvalue weighted by molar-refractivity contribution is 0.280. The summed E-state index contributed by atoms with van der Waals surface area (Å²) in [6, 6.07) is 11.0. The molecule has 4 atom stereocenters. The maximum Gasteiger partial charge on any atom is 0.129 e. The molecule has 1 aromatic carbocycles. The molecule has 0 bridgehead atoms. The molecule has 25 heavy (non-hydrogen) atoms. The van der Waals surface area contributed by atoms with Crippen molar-refractivity contribution in [1.29, 1.82) is 0 Å². The van der Waals surface area contributed by atoms with Crippen molar-refractivity contribution in [2.45, 2.75) is 32.0 Å². The van der Waals surface area contributed by atoms with Crippen LogP contribution in [0.25, 0.3) is 5.57 Å². The molecule has 1 aliphatic heterocycles. The van der Waals surface area contributed by atoms with Gasteiger partial charge >= 0.3 is 0 Å². The molecule has 4 heteroatoms. The lowest BCUT2D eigenvalue weighted by atomic mass is 9.81. The van der Waals surface area contributed by atoms with Crippen molar-refractivity contribution in [2.24, 2.45) is 17.8 Å². The minimum absolute atomic E-state index is 0.685. The van der Waals surface area contributed by atoms with Crippen molar-refractivity contribution < 1.29 is 0 Å². The Bertz CT molecular complexity index is 661. The predicted octanol–water partition coefficient (Wildman–Crippen LogP) is 3.85. The van der Waals surface area contributed by atoms with Crippen LogP contribution in [0.4, 0.5) is 0 Å². The molecular weight excluding hydrogens is 322 g/mol. The van der Waals surface area contributed by atoms with E-state index in [9.17, 15) is 0 Å². The van der Waals surface area contributed by atoms with Crippen LogP contribution in [0, 0.1) is 17.8 Å². The lowest BCUT2D eigenvalue weighted by Gasteiger charge is -2.47. The minimum atomic E-state index is -1.54. The summed E-state index contributed by atoms with van der Waals surface area (Å²) in [5, 5.41) is 7.01. The molecule has 3 aliphatic rings. The molecule has 0 amide bonds. The smallest absolute Gasteiger partial charge is 0.129 e. The van der Waals surface area contributed by atoms with E-state index in [1.54, 1.807) is 5.57 Å². The Kier molecular flexibility index (Phi) is 4.71. The van der Waals surface area contributed by atoms with Crippen molar-refractivity contribution in [3.05, 3.63) is 54.1 Å². The van der Waals surface area contributed by atoms with E-state index in [1.807, 2.05) is 0 Å². The van der Waals surface area contributed by atoms with Gasteiger partial charge in [0, 0.05) is 20.0 Å². The van der Waals surface area contributed by atoms with Gasteiger partial charge in [-0.25, -0.2) is 0 Å². The van der Waals surface area contributed by atoms with Gasteiger partial charge < -0.3 is 0 Å². The number of hydrogen-bond acceptors (Lipinski definition) is 3. The first-order chi connectivity index (χ1) is 12.1. The molecule has 134 valence electrons. The molecule has 4 rings (SSSR count). The van der Waals surface area contributed by atoms with Crippen molar-refractivity contribution in [1.82, 2.24) is 15.2 Å². The molecule has 0 radical (unpaired) electrons. The molecule has 1 heterocycles. The fourth-order valence-corrected chi connectivity index (χ4v) is 9.86. The van der Waals surface area contributed by atoms with Crippen LogP contribution in [0.1, 0.15) is 18.9 Å². The molecule has 4 unspecified atom stereocenters. The van der Waals surface area contributed by atoms with Crippen LogP contribution in [-0.2, 0) is 0 Å². The Hall–Kier alpha value is -1.20. The molecule has 0 aromatic heterocycles. The van der Waals surface area contributed by atoms with E-state index < -0.39 is 8.24 Å². The summed E-state index contributed by atoms with van der Waals surface area (Å²) < 4.78 is 2.72. The van der Waals surface area contributed by atoms with Gasteiger partial charge in [-0.1, -0.05) is 68.6 Å². The van der Waals surface area contributed by atoms with Crippen LogP contribution in [0.5, 0.6) is 0 Å². The fraction of sp³-hybridized carbons (Fsp3) is 0.524. The molecule has 3 nitrogen and oxygen atoms in total. The van der Waals surface area contributed by atoms with Gasteiger partial charge in [0.2, 0.25) is 0 Å². The van der Waals surface area contributed by atoms with Gasteiger partial charge in [0.1, 0.15) is 8.24 Å². The van der Waals surface area contributed by atoms with E-state index >= 15 is 0 Å². The molecule has 0 spiro atoms. The number of allylic oxidation sites excluding steroid dienone is 4. The third-order valence-corrected chi connectivity index (χ3v) is 11.3. The second-order valence-electron chi connectivity index (χ2n) is 8.48. The van der Waals surface area contributed by atoms with Crippen LogP contribution in [0.3, 0.4) is 0 Å². The highest BCUT2D eigenvalue weighted by Crippen LogP contribution is 2.56. The van der Waals surface area contributed by atoms with E-state index in [2.05, 4.69) is 83.8 Å². The van der Waals surface area contributed by atoms with E-state index in [0.717, 1.165) is 31.5 Å². The molecule has 1 saturated heterocycles. The van der Waals surface area contributed by atoms with Gasteiger partial charge in [-0.05, 0) is 40.9 Å². The summed E-state index contributed by atoms with van der Waals surface area (Å²) >= 11 is 0. The fourth-order valence-electron chi connectivity index (χ4n) is 5.59. The summed E-state index contributed by atoms with van der Waals surface area (Å²) in [6.07, 6.45) is 8.53. The zero-order valence-corrected chi connectivity index (χ0v) is 16.7. The van der Waals surface area contributed by atoms with E-state index in [0.29, 0.717) is 11.8 Å². The Morgan fingerprint density at radius 1 is 1.08 bits per heavy atom. The van der Waals surface area contributed by atoms with E-state index in [1.165, 1.54) is 12.0 Å². The highest BCUT2D eigenvalue weighted by molar-refractivity contribution is 6.76. The van der Waals surface area contributed by atoms with Gasteiger partial charge in [0.05, 0.1) is 0 Å². The molecule has 2 fully saturated rings. The summed E-state index contributed by atoms with van der Waals surface area (Å²) in [7, 11) is -1.54. The highest BCUT2D eigenvalue weighted by atomic mass is 28.3. The van der Waals surface area contributed by atoms with Gasteiger partial charge in [0.15, 0.2) is 0 Å². The summed E-state index contributed by atoms with van der Waals surface area (Å²) in [4.78, 5) is 0. The third-order valence-electron chi connectivity index (χ3n) is 6.72. The standard InChI is InChI=1S/C21H31N3Si/c1-16-12-20-18(17-8-5-4-6-9-17)10-7-11-19(20)21(16)25(2,3)24-14-22-13-23-15-24/h4-11,16,19-23H,12-15H2,1-3H3. The SMILES string of the molecule is CC1CC2C(c3ccccc3)=CC=CC2C1[Si](C)(C)N1CNCNC1. The number of benzene rings is 1. The van der Waals surface area contributed by atoms with Crippen LogP contribution in [0.15, 0.2) is 48.6 Å². The Morgan fingerprint density at radius 2 is 1.80 bits per heavy atom. The normalized spacial score (nSPS) is 33.2. The average molecular weight is 354 g/mol. The maximum atomic E-state index is 3.51. The zero-order chi connectivity index (χ0) is 17.4. The molecule has 2 aliphatic carbocycles. The summed E-state index contributed by atoms with van der Waals surface area (Å²) in [5.41, 5.74) is 3.78. The highest BCUT2D eigenvalue weighted by Gasteiger charge is 2.52. The number of nitrogens with zero attached hydrogens (tertiary/aromatic N) is 1. The Labute approximate surface area is 153 Å². The lowest BCUT2D eigenvalue weighted by Crippen LogP contribution is -2.63. The van der Waals surface area contributed by atoms with Gasteiger partial charge in [0.25, 0.3) is 0 Å². The monoisotopic (exact) mass is 353 g/mol. The summed E-state index contributed by atoms with van der Waals surface area (Å²) in [5.74, 6) is 2.16. The van der Waals surface area contributed by atoms with Crippen LogP contribution in [0.2, 0.25) is 18.6 Å². The van der Waals surface area contributed by atoms with E-state index in [4.69, 9.17) is 0 Å². The molecule has 1 saturated carbocycles. The number of nitrogens with one attached hydrogen (secondary N) is 2. The third kappa shape index (κ3) is 3.06.